The molecule has 0 bridgehead atoms. The third-order valence-electron chi connectivity index (χ3n) is 2.58. The van der Waals surface area contributed by atoms with Gasteiger partial charge in [0.05, 0.1) is 7.11 Å². The van der Waals surface area contributed by atoms with Gasteiger partial charge in [-0.25, -0.2) is 0 Å². The molecule has 0 saturated carbocycles. The second-order valence-electron chi connectivity index (χ2n) is 3.79. The molecule has 0 aromatic carbocycles. The fraction of sp³-hybridized carbons (Fsp3) is 0.909. The van der Waals surface area contributed by atoms with Gasteiger partial charge in [0.1, 0.15) is 5.54 Å². The lowest BCUT2D eigenvalue weighted by Crippen LogP contribution is -2.49. The number of carbonyl (C=O) groups is 1. The third-order valence-corrected chi connectivity index (χ3v) is 2.58. The van der Waals surface area contributed by atoms with Crippen LogP contribution in [0.25, 0.3) is 0 Å². The SMILES string of the molecule is CCCCOCCC(C)(NC)C(=O)OC. The van der Waals surface area contributed by atoms with Crippen LogP contribution in [0.2, 0.25) is 0 Å². The summed E-state index contributed by atoms with van der Waals surface area (Å²) in [6.45, 7) is 5.28. The molecule has 0 rings (SSSR count). The molecule has 1 N–H and O–H groups in total. The molecule has 4 heteroatoms. The number of methoxy groups -OCH3 is 1. The predicted molar refractivity (Wildman–Crippen MR) is 59.8 cm³/mol. The number of likely N-dealkylation sites (N-methyl/N-ethyl adjacent to an activating group) is 1. The first kappa shape index (κ1) is 14.4. The lowest BCUT2D eigenvalue weighted by molar-refractivity contribution is -0.148. The van der Waals surface area contributed by atoms with Gasteiger partial charge < -0.3 is 14.8 Å². The van der Waals surface area contributed by atoms with Crippen molar-refractivity contribution in [2.24, 2.45) is 0 Å². The number of hydrogen-bond acceptors (Lipinski definition) is 4. The Morgan fingerprint density at radius 3 is 2.53 bits per heavy atom. The highest BCUT2D eigenvalue weighted by Gasteiger charge is 2.31. The van der Waals surface area contributed by atoms with Crippen LogP contribution in [0.1, 0.15) is 33.1 Å². The van der Waals surface area contributed by atoms with Gasteiger partial charge in [-0.3, -0.25) is 4.79 Å². The average Bonchev–Trinajstić information content (AvgIpc) is 2.27. The van der Waals surface area contributed by atoms with Gasteiger partial charge in [0, 0.05) is 13.2 Å². The zero-order valence-electron chi connectivity index (χ0n) is 10.3. The smallest absolute Gasteiger partial charge is 0.325 e. The van der Waals surface area contributed by atoms with Gasteiger partial charge in [0.15, 0.2) is 0 Å². The van der Waals surface area contributed by atoms with Gasteiger partial charge in [-0.05, 0) is 26.8 Å². The highest BCUT2D eigenvalue weighted by Crippen LogP contribution is 2.11. The Balaban J connectivity index is 3.83. The molecule has 1 unspecified atom stereocenters. The van der Waals surface area contributed by atoms with Crippen molar-refractivity contribution in [1.29, 1.82) is 0 Å². The van der Waals surface area contributed by atoms with E-state index in [0.29, 0.717) is 13.0 Å². The molecule has 0 saturated heterocycles. The highest BCUT2D eigenvalue weighted by atomic mass is 16.5. The summed E-state index contributed by atoms with van der Waals surface area (Å²) in [7, 11) is 3.15. The number of carbonyl (C=O) groups excluding carboxylic acids is 1. The summed E-state index contributed by atoms with van der Waals surface area (Å²) in [6, 6.07) is 0. The van der Waals surface area contributed by atoms with Crippen molar-refractivity contribution in [3.05, 3.63) is 0 Å². The van der Waals surface area contributed by atoms with E-state index >= 15 is 0 Å². The van der Waals surface area contributed by atoms with Gasteiger partial charge in [-0.15, -0.1) is 0 Å². The normalized spacial score (nSPS) is 14.7. The van der Waals surface area contributed by atoms with Crippen LogP contribution < -0.4 is 5.32 Å². The van der Waals surface area contributed by atoms with Gasteiger partial charge in [-0.1, -0.05) is 13.3 Å². The molecule has 0 aromatic rings. The lowest BCUT2D eigenvalue weighted by atomic mass is 9.99. The van der Waals surface area contributed by atoms with Crippen molar-refractivity contribution >= 4 is 5.97 Å². The molecule has 0 aromatic heterocycles. The van der Waals surface area contributed by atoms with E-state index in [4.69, 9.17) is 9.47 Å². The number of hydrogen-bond donors (Lipinski definition) is 1. The molecule has 0 aliphatic rings. The molecule has 0 heterocycles. The van der Waals surface area contributed by atoms with Crippen molar-refractivity contribution in [2.75, 3.05) is 27.4 Å². The second kappa shape index (κ2) is 7.65. The van der Waals surface area contributed by atoms with E-state index < -0.39 is 5.54 Å². The van der Waals surface area contributed by atoms with Crippen LogP contribution in [0, 0.1) is 0 Å². The van der Waals surface area contributed by atoms with Crippen LogP contribution in [0.15, 0.2) is 0 Å². The van der Waals surface area contributed by atoms with Crippen LogP contribution >= 0.6 is 0 Å². The maximum Gasteiger partial charge on any atom is 0.325 e. The first-order valence-electron chi connectivity index (χ1n) is 5.45. The Kier molecular flexibility index (Phi) is 7.34. The molecule has 15 heavy (non-hydrogen) atoms. The van der Waals surface area contributed by atoms with Gasteiger partial charge in [-0.2, -0.15) is 0 Å². The first-order valence-corrected chi connectivity index (χ1v) is 5.45. The Morgan fingerprint density at radius 1 is 1.40 bits per heavy atom. The van der Waals surface area contributed by atoms with Gasteiger partial charge in [0.25, 0.3) is 0 Å². The largest absolute Gasteiger partial charge is 0.468 e. The Bertz CT molecular complexity index is 185. The Labute approximate surface area is 92.3 Å². The zero-order valence-corrected chi connectivity index (χ0v) is 10.3. The molecule has 0 aliphatic carbocycles. The van der Waals surface area contributed by atoms with E-state index in [1.807, 2.05) is 6.92 Å². The van der Waals surface area contributed by atoms with Gasteiger partial charge >= 0.3 is 5.97 Å². The third kappa shape index (κ3) is 5.14. The zero-order chi connectivity index (χ0) is 11.7. The van der Waals surface area contributed by atoms with Crippen LogP contribution in [0.5, 0.6) is 0 Å². The molecule has 0 amide bonds. The van der Waals surface area contributed by atoms with Crippen LogP contribution in [0.3, 0.4) is 0 Å². The summed E-state index contributed by atoms with van der Waals surface area (Å²) in [6.07, 6.45) is 2.81. The molecule has 0 radical (unpaired) electrons. The van der Waals surface area contributed by atoms with E-state index in [1.165, 1.54) is 7.11 Å². The minimum absolute atomic E-state index is 0.246. The predicted octanol–water partition coefficient (Wildman–Crippen LogP) is 1.34. The number of nitrogens with one attached hydrogen (secondary N) is 1. The second-order valence-corrected chi connectivity index (χ2v) is 3.79. The summed E-state index contributed by atoms with van der Waals surface area (Å²) < 4.78 is 10.1. The number of ether oxygens (including phenoxy) is 2. The highest BCUT2D eigenvalue weighted by molar-refractivity contribution is 5.80. The van der Waals surface area contributed by atoms with Crippen LogP contribution in [-0.2, 0) is 14.3 Å². The molecule has 4 nitrogen and oxygen atoms in total. The summed E-state index contributed by atoms with van der Waals surface area (Å²) in [5, 5.41) is 2.97. The molecular formula is C11H23NO3. The van der Waals surface area contributed by atoms with Crippen molar-refractivity contribution < 1.29 is 14.3 Å². The van der Waals surface area contributed by atoms with E-state index in [1.54, 1.807) is 7.05 Å². The maximum absolute atomic E-state index is 11.4. The van der Waals surface area contributed by atoms with Gasteiger partial charge in [0.2, 0.25) is 0 Å². The van der Waals surface area contributed by atoms with Crippen LogP contribution in [-0.4, -0.2) is 38.9 Å². The number of unbranched alkanes of at least 4 members (excludes halogenated alkanes) is 1. The minimum Gasteiger partial charge on any atom is -0.468 e. The summed E-state index contributed by atoms with van der Waals surface area (Å²) in [5.74, 6) is -0.246. The maximum atomic E-state index is 11.4. The van der Waals surface area contributed by atoms with E-state index in [9.17, 15) is 4.79 Å². The Hall–Kier alpha value is -0.610. The molecule has 0 spiro atoms. The minimum atomic E-state index is -0.638. The number of rotatable bonds is 8. The van der Waals surface area contributed by atoms with E-state index in [0.717, 1.165) is 19.4 Å². The Morgan fingerprint density at radius 2 is 2.07 bits per heavy atom. The van der Waals surface area contributed by atoms with Crippen molar-refractivity contribution in [3.8, 4) is 0 Å². The van der Waals surface area contributed by atoms with Crippen molar-refractivity contribution in [3.63, 3.8) is 0 Å². The van der Waals surface area contributed by atoms with Crippen molar-refractivity contribution in [1.82, 2.24) is 5.32 Å². The molecule has 1 atom stereocenters. The van der Waals surface area contributed by atoms with E-state index in [2.05, 4.69) is 12.2 Å². The monoisotopic (exact) mass is 217 g/mol. The molecule has 0 fully saturated rings. The summed E-state index contributed by atoms with van der Waals surface area (Å²) >= 11 is 0. The topological polar surface area (TPSA) is 47.6 Å². The van der Waals surface area contributed by atoms with E-state index in [-0.39, 0.29) is 5.97 Å². The summed E-state index contributed by atoms with van der Waals surface area (Å²) in [5.41, 5.74) is -0.638. The standard InChI is InChI=1S/C11H23NO3/c1-5-6-8-15-9-7-11(2,12-3)10(13)14-4/h12H,5-9H2,1-4H3. The fourth-order valence-corrected chi connectivity index (χ4v) is 1.18. The van der Waals surface area contributed by atoms with Crippen molar-refractivity contribution in [2.45, 2.75) is 38.6 Å². The average molecular weight is 217 g/mol. The number of esters is 1. The molecule has 0 aliphatic heterocycles. The quantitative estimate of drug-likeness (QED) is 0.492. The van der Waals surface area contributed by atoms with Crippen LogP contribution in [0.4, 0.5) is 0 Å². The molecule has 90 valence electrons. The lowest BCUT2D eigenvalue weighted by Gasteiger charge is -2.25. The summed E-state index contributed by atoms with van der Waals surface area (Å²) in [4.78, 5) is 11.4. The molecular weight excluding hydrogens is 194 g/mol. The fourth-order valence-electron chi connectivity index (χ4n) is 1.18. The first-order chi connectivity index (χ1) is 7.10.